The van der Waals surface area contributed by atoms with Gasteiger partial charge in [0.2, 0.25) is 11.8 Å². The van der Waals surface area contributed by atoms with E-state index in [-0.39, 0.29) is 42.1 Å². The van der Waals surface area contributed by atoms with E-state index in [2.05, 4.69) is 10.6 Å². The van der Waals surface area contributed by atoms with Crippen LogP contribution in [0.3, 0.4) is 0 Å². The fourth-order valence-electron chi connectivity index (χ4n) is 2.96. The summed E-state index contributed by atoms with van der Waals surface area (Å²) < 4.78 is 5.54. The molecule has 0 bridgehead atoms. The number of carbonyl (C=O) groups excluding carboxylic acids is 3. The molecule has 2 atom stereocenters. The lowest BCUT2D eigenvalue weighted by molar-refractivity contribution is -0.132. The molecular formula is C20H28ClN3O4. The number of carbonyl (C=O) groups is 3. The molecular weight excluding hydrogens is 382 g/mol. The maximum Gasteiger partial charge on any atom is 0.260 e. The number of halogens is 1. The van der Waals surface area contributed by atoms with Crippen molar-refractivity contribution in [3.8, 4) is 5.75 Å². The number of nitrogens with zero attached hydrogens (tertiary/aromatic N) is 1. The highest BCUT2D eigenvalue weighted by Gasteiger charge is 2.39. The summed E-state index contributed by atoms with van der Waals surface area (Å²) >= 11 is 5.82. The van der Waals surface area contributed by atoms with Crippen molar-refractivity contribution in [1.29, 1.82) is 0 Å². The van der Waals surface area contributed by atoms with Gasteiger partial charge in [-0.25, -0.2) is 0 Å². The van der Waals surface area contributed by atoms with E-state index in [4.69, 9.17) is 16.3 Å². The van der Waals surface area contributed by atoms with Crippen molar-refractivity contribution in [3.63, 3.8) is 0 Å². The normalized spacial score (nSPS) is 18.0. The van der Waals surface area contributed by atoms with Crippen LogP contribution in [0.4, 0.5) is 0 Å². The molecule has 0 aromatic heterocycles. The zero-order chi connectivity index (χ0) is 20.9. The number of ether oxygens (including phenoxy) is 1. The molecule has 3 amide bonds. The van der Waals surface area contributed by atoms with Crippen LogP contribution in [0.1, 0.15) is 34.1 Å². The van der Waals surface area contributed by atoms with Crippen LogP contribution in [0.2, 0.25) is 5.02 Å². The van der Waals surface area contributed by atoms with Gasteiger partial charge in [-0.2, -0.15) is 0 Å². The van der Waals surface area contributed by atoms with Gasteiger partial charge in [0.25, 0.3) is 5.91 Å². The molecule has 2 N–H and O–H groups in total. The number of hydrogen-bond donors (Lipinski definition) is 2. The van der Waals surface area contributed by atoms with Crippen LogP contribution in [0.5, 0.6) is 5.75 Å². The Morgan fingerprint density at radius 2 is 1.82 bits per heavy atom. The number of likely N-dealkylation sites (tertiary alicyclic amines) is 1. The molecule has 0 radical (unpaired) electrons. The first-order valence-corrected chi connectivity index (χ1v) is 9.74. The monoisotopic (exact) mass is 409 g/mol. The first-order chi connectivity index (χ1) is 13.1. The van der Waals surface area contributed by atoms with E-state index in [0.29, 0.717) is 23.9 Å². The lowest BCUT2D eigenvalue weighted by atomic mass is 10.1. The van der Waals surface area contributed by atoms with Crippen LogP contribution in [0.25, 0.3) is 0 Å². The van der Waals surface area contributed by atoms with Gasteiger partial charge in [-0.05, 0) is 52.0 Å². The zero-order valence-corrected chi connectivity index (χ0v) is 17.5. The minimum absolute atomic E-state index is 0.00544. The number of benzene rings is 1. The molecule has 1 heterocycles. The topological polar surface area (TPSA) is 87.7 Å². The Kier molecular flexibility index (Phi) is 7.29. The molecule has 0 spiro atoms. The summed E-state index contributed by atoms with van der Waals surface area (Å²) in [5.41, 5.74) is -0.291. The molecule has 2 unspecified atom stereocenters. The number of nitrogens with one attached hydrogen (secondary N) is 2. The molecule has 1 fully saturated rings. The number of hydrogen-bond acceptors (Lipinski definition) is 4. The largest absolute Gasteiger partial charge is 0.481 e. The highest BCUT2D eigenvalue weighted by atomic mass is 35.5. The Hall–Kier alpha value is -2.28. The third-order valence-electron chi connectivity index (χ3n) is 4.52. The fraction of sp³-hybridized carbons (Fsp3) is 0.550. The third kappa shape index (κ3) is 6.12. The molecule has 0 aliphatic carbocycles. The second-order valence-corrected chi connectivity index (χ2v) is 8.31. The molecule has 1 aliphatic rings. The van der Waals surface area contributed by atoms with Crippen molar-refractivity contribution in [2.75, 3.05) is 19.6 Å². The molecule has 1 aromatic rings. The lowest BCUT2D eigenvalue weighted by Gasteiger charge is -2.31. The van der Waals surface area contributed by atoms with Crippen LogP contribution in [-0.4, -0.2) is 53.9 Å². The van der Waals surface area contributed by atoms with Gasteiger partial charge in [0, 0.05) is 36.6 Å². The van der Waals surface area contributed by atoms with Crippen molar-refractivity contribution < 1.29 is 19.1 Å². The van der Waals surface area contributed by atoms with E-state index in [1.807, 2.05) is 20.8 Å². The van der Waals surface area contributed by atoms with E-state index in [9.17, 15) is 14.4 Å². The highest BCUT2D eigenvalue weighted by Crippen LogP contribution is 2.25. The van der Waals surface area contributed by atoms with Gasteiger partial charge in [0.05, 0.1) is 5.92 Å². The van der Waals surface area contributed by atoms with Crippen molar-refractivity contribution in [1.82, 2.24) is 15.5 Å². The third-order valence-corrected chi connectivity index (χ3v) is 4.78. The van der Waals surface area contributed by atoms with Gasteiger partial charge in [-0.3, -0.25) is 14.4 Å². The second kappa shape index (κ2) is 9.28. The summed E-state index contributed by atoms with van der Waals surface area (Å²) in [7, 11) is 0. The maximum atomic E-state index is 12.3. The predicted molar refractivity (Wildman–Crippen MR) is 107 cm³/mol. The van der Waals surface area contributed by atoms with Crippen molar-refractivity contribution >= 4 is 29.3 Å². The van der Waals surface area contributed by atoms with Gasteiger partial charge in [0.15, 0.2) is 6.10 Å². The van der Waals surface area contributed by atoms with E-state index < -0.39 is 6.10 Å². The molecule has 2 rings (SSSR count). The summed E-state index contributed by atoms with van der Waals surface area (Å²) in [4.78, 5) is 38.2. The van der Waals surface area contributed by atoms with Crippen molar-refractivity contribution in [2.24, 2.45) is 5.92 Å². The zero-order valence-electron chi connectivity index (χ0n) is 16.8. The van der Waals surface area contributed by atoms with Crippen LogP contribution < -0.4 is 15.4 Å². The average Bonchev–Trinajstić information content (AvgIpc) is 3.02. The Morgan fingerprint density at radius 1 is 1.21 bits per heavy atom. The van der Waals surface area contributed by atoms with Crippen LogP contribution in [0.15, 0.2) is 24.3 Å². The van der Waals surface area contributed by atoms with Crippen molar-refractivity contribution in [3.05, 3.63) is 29.3 Å². The maximum absolute atomic E-state index is 12.3. The SMILES string of the molecule is CC(Oc1ccc(Cl)cc1)C(=O)NCCNC(=O)C1CC(=O)N(C(C)(C)C)C1. The molecule has 0 saturated carbocycles. The van der Waals surface area contributed by atoms with Crippen LogP contribution >= 0.6 is 11.6 Å². The molecule has 1 saturated heterocycles. The van der Waals surface area contributed by atoms with E-state index in [1.54, 1.807) is 36.1 Å². The second-order valence-electron chi connectivity index (χ2n) is 7.87. The Morgan fingerprint density at radius 3 is 2.39 bits per heavy atom. The highest BCUT2D eigenvalue weighted by molar-refractivity contribution is 6.30. The molecule has 1 aliphatic heterocycles. The smallest absolute Gasteiger partial charge is 0.260 e. The number of rotatable bonds is 7. The van der Waals surface area contributed by atoms with E-state index in [0.717, 1.165) is 0 Å². The van der Waals surface area contributed by atoms with Gasteiger partial charge >= 0.3 is 0 Å². The summed E-state index contributed by atoms with van der Waals surface area (Å²) in [6, 6.07) is 6.75. The molecule has 28 heavy (non-hydrogen) atoms. The summed E-state index contributed by atoms with van der Waals surface area (Å²) in [5.74, 6) is -0.252. The van der Waals surface area contributed by atoms with Crippen LogP contribution in [0, 0.1) is 5.92 Å². The van der Waals surface area contributed by atoms with E-state index in [1.165, 1.54) is 0 Å². The summed E-state index contributed by atoms with van der Waals surface area (Å²) in [6.45, 7) is 8.50. The molecule has 1 aromatic carbocycles. The minimum Gasteiger partial charge on any atom is -0.481 e. The molecule has 154 valence electrons. The van der Waals surface area contributed by atoms with Gasteiger partial charge in [-0.15, -0.1) is 0 Å². The van der Waals surface area contributed by atoms with Gasteiger partial charge in [0.1, 0.15) is 5.75 Å². The average molecular weight is 410 g/mol. The first-order valence-electron chi connectivity index (χ1n) is 9.36. The quantitative estimate of drug-likeness (QED) is 0.674. The Bertz CT molecular complexity index is 715. The van der Waals surface area contributed by atoms with Gasteiger partial charge in [-0.1, -0.05) is 11.6 Å². The first kappa shape index (κ1) is 22.0. The Balaban J connectivity index is 1.69. The van der Waals surface area contributed by atoms with Crippen LogP contribution in [-0.2, 0) is 14.4 Å². The van der Waals surface area contributed by atoms with Gasteiger partial charge < -0.3 is 20.3 Å². The summed E-state index contributed by atoms with van der Waals surface area (Å²) in [5, 5.41) is 6.09. The Labute approximate surface area is 170 Å². The molecule has 7 nitrogen and oxygen atoms in total. The van der Waals surface area contributed by atoms with Crippen molar-refractivity contribution in [2.45, 2.75) is 45.8 Å². The lowest BCUT2D eigenvalue weighted by Crippen LogP contribution is -2.44. The molecule has 8 heteroatoms. The standard InChI is InChI=1S/C20H28ClN3O4/c1-13(28-16-7-5-15(21)6-8-16)18(26)22-9-10-23-19(27)14-11-17(25)24(12-14)20(2,3)4/h5-8,13-14H,9-12H2,1-4H3,(H,22,26)(H,23,27). The minimum atomic E-state index is -0.676. The number of amides is 3. The summed E-state index contributed by atoms with van der Waals surface area (Å²) in [6.07, 6.45) is -0.453. The fourth-order valence-corrected chi connectivity index (χ4v) is 3.09. The van der Waals surface area contributed by atoms with E-state index >= 15 is 0 Å². The predicted octanol–water partition coefficient (Wildman–Crippen LogP) is 1.99.